The first-order chi connectivity index (χ1) is 9.95. The summed E-state index contributed by atoms with van der Waals surface area (Å²) >= 11 is 0. The maximum Gasteiger partial charge on any atom is 0.209 e. The number of piperidine rings is 2. The molecule has 2 atom stereocenters. The molecule has 1 N–H and O–H groups in total. The van der Waals surface area contributed by atoms with Gasteiger partial charge in [0.1, 0.15) is 0 Å². The highest BCUT2D eigenvalue weighted by atomic mass is 16.3. The highest BCUT2D eigenvalue weighted by Crippen LogP contribution is 2.45. The molecular weight excluding hydrogens is 264 g/mol. The summed E-state index contributed by atoms with van der Waals surface area (Å²) in [7, 11) is 0. The molecule has 1 aromatic rings. The van der Waals surface area contributed by atoms with Gasteiger partial charge in [0.25, 0.3) is 0 Å². The number of likely N-dealkylation sites (tertiary alicyclic amines) is 2. The van der Waals surface area contributed by atoms with E-state index in [1.165, 1.54) is 5.56 Å². The number of fused-ring (bicyclic) bond motifs is 2. The van der Waals surface area contributed by atoms with Crippen molar-refractivity contribution in [2.75, 3.05) is 26.2 Å². The zero-order valence-electron chi connectivity index (χ0n) is 12.8. The minimum Gasteiger partial charge on any atom is -0.392 e. The first-order valence-corrected chi connectivity index (χ1v) is 7.59. The molecule has 1 amide bonds. The van der Waals surface area contributed by atoms with E-state index in [0.29, 0.717) is 13.1 Å². The van der Waals surface area contributed by atoms with Crippen molar-refractivity contribution in [3.8, 4) is 0 Å². The molecule has 4 heteroatoms. The number of aliphatic hydroxyl groups is 1. The van der Waals surface area contributed by atoms with Gasteiger partial charge in [-0.25, -0.2) is 0 Å². The fourth-order valence-corrected chi connectivity index (χ4v) is 4.38. The van der Waals surface area contributed by atoms with Crippen molar-refractivity contribution in [2.45, 2.75) is 26.5 Å². The minimum atomic E-state index is -0.353. The molecule has 0 spiro atoms. The number of amides is 1. The normalized spacial score (nSPS) is 36.5. The largest absolute Gasteiger partial charge is 0.392 e. The monoisotopic (exact) mass is 288 g/mol. The summed E-state index contributed by atoms with van der Waals surface area (Å²) in [5, 5.41) is 10.7. The van der Waals surface area contributed by atoms with Crippen molar-refractivity contribution in [3.05, 3.63) is 35.9 Å². The Morgan fingerprint density at radius 1 is 1.14 bits per heavy atom. The van der Waals surface area contributed by atoms with Crippen molar-refractivity contribution in [1.82, 2.24) is 9.80 Å². The van der Waals surface area contributed by atoms with Gasteiger partial charge in [0.2, 0.25) is 6.41 Å². The second-order valence-electron chi connectivity index (χ2n) is 7.35. The molecule has 2 unspecified atom stereocenters. The van der Waals surface area contributed by atoms with Crippen LogP contribution in [0.3, 0.4) is 0 Å². The molecule has 4 nitrogen and oxygen atoms in total. The van der Waals surface area contributed by atoms with Crippen LogP contribution < -0.4 is 0 Å². The van der Waals surface area contributed by atoms with E-state index < -0.39 is 0 Å². The van der Waals surface area contributed by atoms with E-state index in [0.717, 1.165) is 26.0 Å². The van der Waals surface area contributed by atoms with Crippen LogP contribution in [0.2, 0.25) is 0 Å². The summed E-state index contributed by atoms with van der Waals surface area (Å²) in [6.45, 7) is 8.02. The third kappa shape index (κ3) is 2.58. The van der Waals surface area contributed by atoms with E-state index in [2.05, 4.69) is 43.0 Å². The van der Waals surface area contributed by atoms with Crippen LogP contribution in [0.4, 0.5) is 0 Å². The van der Waals surface area contributed by atoms with E-state index in [1.54, 1.807) is 0 Å². The first kappa shape index (κ1) is 14.5. The molecular formula is C17H24N2O2. The molecule has 2 aliphatic rings. The fourth-order valence-electron chi connectivity index (χ4n) is 4.38. The summed E-state index contributed by atoms with van der Waals surface area (Å²) in [5.74, 6) is 0. The van der Waals surface area contributed by atoms with Gasteiger partial charge >= 0.3 is 0 Å². The molecule has 0 aliphatic carbocycles. The van der Waals surface area contributed by atoms with Crippen LogP contribution >= 0.6 is 0 Å². The molecule has 2 heterocycles. The lowest BCUT2D eigenvalue weighted by atomic mass is 9.63. The van der Waals surface area contributed by atoms with Crippen molar-refractivity contribution in [3.63, 3.8) is 0 Å². The Bertz CT molecular complexity index is 499. The number of hydrogen-bond acceptors (Lipinski definition) is 3. The van der Waals surface area contributed by atoms with Gasteiger partial charge in [-0.1, -0.05) is 44.2 Å². The summed E-state index contributed by atoms with van der Waals surface area (Å²) in [6, 6.07) is 10.4. The maximum absolute atomic E-state index is 11.2. The van der Waals surface area contributed by atoms with E-state index in [4.69, 9.17) is 0 Å². The van der Waals surface area contributed by atoms with Crippen molar-refractivity contribution < 1.29 is 9.90 Å². The topological polar surface area (TPSA) is 43.8 Å². The second kappa shape index (κ2) is 5.11. The van der Waals surface area contributed by atoms with Crippen LogP contribution in [0.5, 0.6) is 0 Å². The molecule has 21 heavy (non-hydrogen) atoms. The van der Waals surface area contributed by atoms with E-state index >= 15 is 0 Å². The predicted molar refractivity (Wildman–Crippen MR) is 81.6 cm³/mol. The predicted octanol–water partition coefficient (Wildman–Crippen LogP) is 1.35. The molecule has 3 rings (SSSR count). The number of carbonyl (C=O) groups is 1. The Morgan fingerprint density at radius 2 is 1.71 bits per heavy atom. The quantitative estimate of drug-likeness (QED) is 0.854. The maximum atomic E-state index is 11.2. The number of carbonyl (C=O) groups excluding carboxylic acids is 1. The molecule has 2 saturated heterocycles. The molecule has 2 bridgehead atoms. The highest BCUT2D eigenvalue weighted by Gasteiger charge is 2.55. The van der Waals surface area contributed by atoms with Crippen molar-refractivity contribution in [1.29, 1.82) is 0 Å². The van der Waals surface area contributed by atoms with Gasteiger partial charge < -0.3 is 10.0 Å². The summed E-state index contributed by atoms with van der Waals surface area (Å²) in [5.41, 5.74) is 0.799. The van der Waals surface area contributed by atoms with Crippen molar-refractivity contribution >= 4 is 6.41 Å². The summed E-state index contributed by atoms with van der Waals surface area (Å²) in [4.78, 5) is 15.4. The van der Waals surface area contributed by atoms with Crippen LogP contribution in [0.25, 0.3) is 0 Å². The molecule has 0 saturated carbocycles. The molecule has 114 valence electrons. The lowest BCUT2D eigenvalue weighted by Crippen LogP contribution is -2.69. The third-order valence-corrected chi connectivity index (χ3v) is 5.02. The Balaban J connectivity index is 1.81. The molecule has 0 aromatic heterocycles. The standard InChI is InChI=1S/C17H24N2O2/c1-16-9-18(8-14-6-4-3-5-7-14)10-17(2,15(16)21)12-19(11-16)13-20/h3-7,13,15,21H,8-12H2,1-2H3. The minimum absolute atomic E-state index is 0.249. The van der Waals surface area contributed by atoms with Gasteiger partial charge in [-0.05, 0) is 5.56 Å². The third-order valence-electron chi connectivity index (χ3n) is 5.02. The van der Waals surface area contributed by atoms with Gasteiger partial charge in [0, 0.05) is 43.6 Å². The average Bonchev–Trinajstić information content (AvgIpc) is 2.43. The first-order valence-electron chi connectivity index (χ1n) is 7.59. The van der Waals surface area contributed by atoms with Crippen molar-refractivity contribution in [2.24, 2.45) is 10.8 Å². The van der Waals surface area contributed by atoms with Crippen LogP contribution in [0.15, 0.2) is 30.3 Å². The Morgan fingerprint density at radius 3 is 2.24 bits per heavy atom. The van der Waals surface area contributed by atoms with Crippen LogP contribution in [-0.4, -0.2) is 53.6 Å². The average molecular weight is 288 g/mol. The van der Waals surface area contributed by atoms with Gasteiger partial charge in [-0.15, -0.1) is 0 Å². The number of aliphatic hydroxyl groups excluding tert-OH is 1. The summed E-state index contributed by atoms with van der Waals surface area (Å²) < 4.78 is 0. The smallest absolute Gasteiger partial charge is 0.209 e. The zero-order valence-corrected chi connectivity index (χ0v) is 12.8. The molecule has 1 aromatic carbocycles. The lowest BCUT2D eigenvalue weighted by molar-refractivity contribution is -0.177. The van der Waals surface area contributed by atoms with Gasteiger partial charge in [0.05, 0.1) is 6.10 Å². The number of rotatable bonds is 3. The number of hydrogen-bond donors (Lipinski definition) is 1. The molecule has 2 fully saturated rings. The van der Waals surface area contributed by atoms with Gasteiger partial charge in [-0.3, -0.25) is 9.69 Å². The zero-order chi connectivity index (χ0) is 15.1. The van der Waals surface area contributed by atoms with Crippen LogP contribution in [-0.2, 0) is 11.3 Å². The van der Waals surface area contributed by atoms with Gasteiger partial charge in [-0.2, -0.15) is 0 Å². The Hall–Kier alpha value is -1.39. The highest BCUT2D eigenvalue weighted by molar-refractivity contribution is 5.48. The van der Waals surface area contributed by atoms with E-state index in [1.807, 2.05) is 11.0 Å². The Labute approximate surface area is 126 Å². The molecule has 2 aliphatic heterocycles. The lowest BCUT2D eigenvalue weighted by Gasteiger charge is -2.59. The Kier molecular flexibility index (Phi) is 3.54. The SMILES string of the molecule is CC12CN(C=O)CC(C)(CN(Cc3ccccc3)C1)C2O. The van der Waals surface area contributed by atoms with Gasteiger partial charge in [0.15, 0.2) is 0 Å². The van der Waals surface area contributed by atoms with Crippen LogP contribution in [0.1, 0.15) is 19.4 Å². The molecule has 0 radical (unpaired) electrons. The van der Waals surface area contributed by atoms with E-state index in [-0.39, 0.29) is 16.9 Å². The fraction of sp³-hybridized carbons (Fsp3) is 0.588. The van der Waals surface area contributed by atoms with E-state index in [9.17, 15) is 9.90 Å². The van der Waals surface area contributed by atoms with Crippen LogP contribution in [0, 0.1) is 10.8 Å². The summed E-state index contributed by atoms with van der Waals surface area (Å²) in [6.07, 6.45) is 0.572. The second-order valence-corrected chi connectivity index (χ2v) is 7.35. The number of benzene rings is 1. The number of nitrogens with zero attached hydrogens (tertiary/aromatic N) is 2.